The summed E-state index contributed by atoms with van der Waals surface area (Å²) >= 11 is 0. The third-order valence-electron chi connectivity index (χ3n) is 5.86. The van der Waals surface area contributed by atoms with Crippen LogP contribution in [-0.4, -0.2) is 49.0 Å². The van der Waals surface area contributed by atoms with E-state index in [1.54, 1.807) is 14.2 Å². The van der Waals surface area contributed by atoms with Crippen LogP contribution in [0, 0.1) is 5.92 Å². The summed E-state index contributed by atoms with van der Waals surface area (Å²) in [7, 11) is -0.304. The van der Waals surface area contributed by atoms with Crippen molar-refractivity contribution in [3.63, 3.8) is 0 Å². The summed E-state index contributed by atoms with van der Waals surface area (Å²) in [6.07, 6.45) is 4.37. The molecular formula is C26H37NO6S. The Morgan fingerprint density at radius 2 is 1.38 bits per heavy atom. The van der Waals surface area contributed by atoms with Crippen molar-refractivity contribution in [3.05, 3.63) is 72.0 Å². The van der Waals surface area contributed by atoms with E-state index in [1.165, 1.54) is 10.4 Å². The Balaban J connectivity index is 2.02. The first-order valence-electron chi connectivity index (χ1n) is 11.5. The van der Waals surface area contributed by atoms with Crippen molar-refractivity contribution in [1.29, 1.82) is 0 Å². The Morgan fingerprint density at radius 3 is 1.82 bits per heavy atom. The van der Waals surface area contributed by atoms with Gasteiger partial charge in [0.1, 0.15) is 11.5 Å². The first-order chi connectivity index (χ1) is 16.3. The Labute approximate surface area is 203 Å². The van der Waals surface area contributed by atoms with E-state index in [2.05, 4.69) is 0 Å². The fourth-order valence-corrected chi connectivity index (χ4v) is 5.15. The van der Waals surface area contributed by atoms with E-state index in [4.69, 9.17) is 14.6 Å². The molecule has 0 aliphatic heterocycles. The Hall–Kier alpha value is -2.55. The van der Waals surface area contributed by atoms with Crippen LogP contribution in [0.4, 0.5) is 0 Å². The molecule has 2 rings (SSSR count). The van der Waals surface area contributed by atoms with Crippen molar-refractivity contribution in [1.82, 2.24) is 4.31 Å². The first-order valence-corrected chi connectivity index (χ1v) is 13.1. The Morgan fingerprint density at radius 1 is 0.882 bits per heavy atom. The van der Waals surface area contributed by atoms with Crippen LogP contribution in [-0.2, 0) is 23.1 Å². The average Bonchev–Trinajstić information content (AvgIpc) is 2.84. The fourth-order valence-electron chi connectivity index (χ4n) is 3.63. The predicted molar refractivity (Wildman–Crippen MR) is 134 cm³/mol. The summed E-state index contributed by atoms with van der Waals surface area (Å²) in [4.78, 5) is 0. The molecule has 188 valence electrons. The Bertz CT molecular complexity index is 924. The third-order valence-corrected chi connectivity index (χ3v) is 7.71. The summed E-state index contributed by atoms with van der Waals surface area (Å²) in [5, 5.41) is 18.6. The minimum atomic E-state index is -3.50. The molecule has 7 nitrogen and oxygen atoms in total. The molecule has 0 saturated heterocycles. The maximum Gasteiger partial charge on any atom is 0.214 e. The molecule has 0 aliphatic carbocycles. The summed E-state index contributed by atoms with van der Waals surface area (Å²) in [5.41, 5.74) is 1.77. The molecule has 0 fully saturated rings. The zero-order chi connectivity index (χ0) is 25.0. The predicted octanol–water partition coefficient (Wildman–Crippen LogP) is 4.66. The van der Waals surface area contributed by atoms with Crippen molar-refractivity contribution >= 4 is 10.0 Å². The molecule has 0 bridgehead atoms. The number of unbranched alkanes of at least 4 members (excludes halogenated alkanes) is 2. The number of rotatable bonds is 15. The van der Waals surface area contributed by atoms with Gasteiger partial charge in [0.15, 0.2) is 0 Å². The lowest BCUT2D eigenvalue weighted by molar-refractivity contribution is 0.152. The second kappa shape index (κ2) is 14.0. The molecule has 0 aromatic heterocycles. The van der Waals surface area contributed by atoms with E-state index in [9.17, 15) is 13.5 Å². The number of hydrogen-bond donors (Lipinski definition) is 2. The molecule has 0 radical (unpaired) electrons. The van der Waals surface area contributed by atoms with Gasteiger partial charge in [-0.05, 0) is 60.2 Å². The fraction of sp³-hybridized carbons (Fsp3) is 0.462. The minimum Gasteiger partial charge on any atom is -0.516 e. The van der Waals surface area contributed by atoms with Gasteiger partial charge < -0.3 is 19.7 Å². The molecule has 2 atom stereocenters. The highest BCUT2D eigenvalue weighted by Gasteiger charge is 2.23. The van der Waals surface area contributed by atoms with E-state index in [0.717, 1.165) is 48.2 Å². The SMILES string of the molecule is COc1ccc(CN(Cc2ccc(OC)cc2)S(=O)(=O)CCCCC[C@@H](C)C(O)C=CO)cc1. The van der Waals surface area contributed by atoms with Gasteiger partial charge in [-0.3, -0.25) is 0 Å². The van der Waals surface area contributed by atoms with Gasteiger partial charge >= 0.3 is 0 Å². The van der Waals surface area contributed by atoms with Crippen LogP contribution in [0.1, 0.15) is 43.7 Å². The number of sulfonamides is 1. The lowest BCUT2D eigenvalue weighted by atomic mass is 9.97. The molecule has 2 N–H and O–H groups in total. The third kappa shape index (κ3) is 9.00. The average molecular weight is 492 g/mol. The molecular weight excluding hydrogens is 454 g/mol. The van der Waals surface area contributed by atoms with Crippen LogP contribution in [0.3, 0.4) is 0 Å². The molecule has 1 unspecified atom stereocenters. The topological polar surface area (TPSA) is 96.3 Å². The van der Waals surface area contributed by atoms with Crippen LogP contribution in [0.2, 0.25) is 0 Å². The highest BCUT2D eigenvalue weighted by molar-refractivity contribution is 7.89. The zero-order valence-electron chi connectivity index (χ0n) is 20.3. The van der Waals surface area contributed by atoms with Gasteiger partial charge in [-0.2, -0.15) is 4.31 Å². The number of aliphatic hydroxyl groups is 2. The standard InChI is InChI=1S/C26H37NO6S/c1-21(26(29)16-17-28)7-5-4-6-18-34(30,31)27(19-22-8-12-24(32-2)13-9-22)20-23-10-14-25(33-3)15-11-23/h8-17,21,26,28-29H,4-7,18-20H2,1-3H3/t21-,26?/m1/s1. The molecule has 2 aromatic carbocycles. The lowest BCUT2D eigenvalue weighted by Crippen LogP contribution is -2.32. The lowest BCUT2D eigenvalue weighted by Gasteiger charge is -2.23. The molecule has 34 heavy (non-hydrogen) atoms. The maximum atomic E-state index is 13.3. The van der Waals surface area contributed by atoms with E-state index in [0.29, 0.717) is 6.42 Å². The van der Waals surface area contributed by atoms with Gasteiger partial charge in [-0.1, -0.05) is 44.0 Å². The van der Waals surface area contributed by atoms with Gasteiger partial charge in [0, 0.05) is 13.1 Å². The van der Waals surface area contributed by atoms with Gasteiger partial charge in [-0.25, -0.2) is 8.42 Å². The van der Waals surface area contributed by atoms with E-state index >= 15 is 0 Å². The monoisotopic (exact) mass is 491 g/mol. The number of aliphatic hydroxyl groups excluding tert-OH is 2. The van der Waals surface area contributed by atoms with Crippen molar-refractivity contribution in [3.8, 4) is 11.5 Å². The summed E-state index contributed by atoms with van der Waals surface area (Å²) < 4.78 is 38.5. The summed E-state index contributed by atoms with van der Waals surface area (Å²) in [6.45, 7) is 2.46. The Kier molecular flexibility index (Phi) is 11.4. The van der Waals surface area contributed by atoms with Crippen molar-refractivity contribution in [2.45, 2.75) is 51.8 Å². The second-order valence-electron chi connectivity index (χ2n) is 8.44. The number of hydrogen-bond acceptors (Lipinski definition) is 6. The molecule has 0 heterocycles. The van der Waals surface area contributed by atoms with Crippen LogP contribution < -0.4 is 9.47 Å². The first kappa shape index (κ1) is 27.7. The number of nitrogens with zero attached hydrogens (tertiary/aromatic N) is 1. The smallest absolute Gasteiger partial charge is 0.214 e. The molecule has 0 amide bonds. The van der Waals surface area contributed by atoms with Crippen LogP contribution in [0.5, 0.6) is 11.5 Å². The zero-order valence-corrected chi connectivity index (χ0v) is 21.1. The van der Waals surface area contributed by atoms with Gasteiger partial charge in [0.2, 0.25) is 10.0 Å². The molecule has 8 heteroatoms. The summed E-state index contributed by atoms with van der Waals surface area (Å²) in [6, 6.07) is 14.8. The highest BCUT2D eigenvalue weighted by Crippen LogP contribution is 2.21. The van der Waals surface area contributed by atoms with Gasteiger partial charge in [0.25, 0.3) is 0 Å². The molecule has 0 aliphatic rings. The quantitative estimate of drug-likeness (QED) is 0.278. The largest absolute Gasteiger partial charge is 0.516 e. The van der Waals surface area contributed by atoms with Crippen LogP contribution in [0.25, 0.3) is 0 Å². The number of methoxy groups -OCH3 is 2. The van der Waals surface area contributed by atoms with E-state index in [-0.39, 0.29) is 24.8 Å². The van der Waals surface area contributed by atoms with Crippen molar-refractivity contribution in [2.24, 2.45) is 5.92 Å². The molecule has 2 aromatic rings. The number of benzene rings is 2. The van der Waals surface area contributed by atoms with Crippen LogP contribution >= 0.6 is 0 Å². The van der Waals surface area contributed by atoms with Gasteiger partial charge in [-0.15, -0.1) is 0 Å². The van der Waals surface area contributed by atoms with Crippen LogP contribution in [0.15, 0.2) is 60.9 Å². The van der Waals surface area contributed by atoms with E-state index in [1.807, 2.05) is 55.5 Å². The molecule has 0 spiro atoms. The molecule has 0 saturated carbocycles. The highest BCUT2D eigenvalue weighted by atomic mass is 32.2. The number of ether oxygens (including phenoxy) is 2. The second-order valence-corrected chi connectivity index (χ2v) is 10.5. The van der Waals surface area contributed by atoms with E-state index < -0.39 is 16.1 Å². The van der Waals surface area contributed by atoms with Gasteiger partial charge in [0.05, 0.1) is 32.3 Å². The van der Waals surface area contributed by atoms with Crippen molar-refractivity contribution in [2.75, 3.05) is 20.0 Å². The maximum absolute atomic E-state index is 13.3. The van der Waals surface area contributed by atoms with Crippen molar-refractivity contribution < 1.29 is 28.1 Å². The minimum absolute atomic E-state index is 0.00153. The summed E-state index contributed by atoms with van der Waals surface area (Å²) in [5.74, 6) is 1.51. The normalized spacial score (nSPS) is 13.8.